The lowest BCUT2D eigenvalue weighted by Gasteiger charge is -2.18. The molecule has 1 aromatic heterocycles. The fourth-order valence-corrected chi connectivity index (χ4v) is 1.97. The van der Waals surface area contributed by atoms with Crippen LogP contribution in [0.4, 0.5) is 11.4 Å². The third-order valence-corrected chi connectivity index (χ3v) is 2.95. The van der Waals surface area contributed by atoms with Crippen molar-refractivity contribution < 1.29 is 9.53 Å². The van der Waals surface area contributed by atoms with Gasteiger partial charge in [-0.2, -0.15) is 5.10 Å². The predicted octanol–water partition coefficient (Wildman–Crippen LogP) is 1.93. The first-order chi connectivity index (χ1) is 9.74. The van der Waals surface area contributed by atoms with Gasteiger partial charge in [0.2, 0.25) is 0 Å². The Labute approximate surface area is 116 Å². The van der Waals surface area contributed by atoms with Crippen LogP contribution in [0.15, 0.2) is 37.2 Å². The molecule has 6 heteroatoms. The van der Waals surface area contributed by atoms with E-state index in [9.17, 15) is 4.79 Å². The number of nitrogens with zero attached hydrogens (tertiary/aromatic N) is 2. The molecular weight excluding hydrogens is 256 g/mol. The van der Waals surface area contributed by atoms with Crippen molar-refractivity contribution in [1.82, 2.24) is 9.78 Å². The van der Waals surface area contributed by atoms with E-state index >= 15 is 0 Å². The lowest BCUT2D eigenvalue weighted by Crippen LogP contribution is -2.25. The zero-order chi connectivity index (χ0) is 13.9. The molecule has 2 heterocycles. The molecule has 0 aliphatic carbocycles. The van der Waals surface area contributed by atoms with Gasteiger partial charge in [-0.3, -0.25) is 4.79 Å². The number of rotatable bonds is 4. The Hall–Kier alpha value is -2.76. The fraction of sp³-hybridized carbons (Fsp3) is 0.143. The number of nitrogens with one attached hydrogen (secondary N) is 2. The van der Waals surface area contributed by atoms with Gasteiger partial charge in [-0.1, -0.05) is 6.58 Å². The summed E-state index contributed by atoms with van der Waals surface area (Å²) in [6.07, 6.45) is 5.30. The third kappa shape index (κ3) is 2.49. The van der Waals surface area contributed by atoms with E-state index in [0.717, 1.165) is 11.3 Å². The van der Waals surface area contributed by atoms with Crippen molar-refractivity contribution >= 4 is 23.5 Å². The highest BCUT2D eigenvalue weighted by molar-refractivity contribution is 5.96. The second kappa shape index (κ2) is 5.08. The van der Waals surface area contributed by atoms with Gasteiger partial charge in [-0.25, -0.2) is 4.68 Å². The minimum Gasteiger partial charge on any atom is -0.482 e. The smallest absolute Gasteiger partial charge is 0.262 e. The van der Waals surface area contributed by atoms with E-state index in [4.69, 9.17) is 4.74 Å². The molecule has 3 rings (SSSR count). The number of amides is 1. The van der Waals surface area contributed by atoms with Crippen molar-refractivity contribution in [3.05, 3.63) is 42.7 Å². The number of fused-ring (bicyclic) bond motifs is 1. The maximum atomic E-state index is 11.3. The molecule has 1 aliphatic heterocycles. The van der Waals surface area contributed by atoms with E-state index in [1.807, 2.05) is 24.4 Å². The van der Waals surface area contributed by atoms with Crippen LogP contribution in [0.25, 0.3) is 6.20 Å². The molecule has 0 bridgehead atoms. The average Bonchev–Trinajstić information content (AvgIpc) is 2.92. The molecule has 6 nitrogen and oxygen atoms in total. The lowest BCUT2D eigenvalue weighted by atomic mass is 10.2. The molecule has 2 N–H and O–H groups in total. The second-order valence-corrected chi connectivity index (χ2v) is 4.41. The number of hydrogen-bond acceptors (Lipinski definition) is 4. The molecule has 0 spiro atoms. The van der Waals surface area contributed by atoms with Crippen LogP contribution in [-0.2, 0) is 11.3 Å². The molecule has 20 heavy (non-hydrogen) atoms. The first-order valence-electron chi connectivity index (χ1n) is 6.21. The van der Waals surface area contributed by atoms with Gasteiger partial charge in [-0.15, -0.1) is 0 Å². The topological polar surface area (TPSA) is 68.2 Å². The molecule has 0 unspecified atom stereocenters. The predicted molar refractivity (Wildman–Crippen MR) is 76.5 cm³/mol. The number of carbonyl (C=O) groups is 1. The number of aromatic nitrogens is 2. The van der Waals surface area contributed by atoms with Gasteiger partial charge < -0.3 is 15.4 Å². The Kier molecular flexibility index (Phi) is 3.12. The largest absolute Gasteiger partial charge is 0.482 e. The Bertz CT molecular complexity index is 663. The van der Waals surface area contributed by atoms with Crippen LogP contribution < -0.4 is 15.4 Å². The standard InChI is InChI=1S/C14H14N4O2/c1-2-18-8-10(7-16-18)6-15-11-3-4-13-12(5-11)17-14(19)9-20-13/h2-5,7-8,15H,1,6,9H2,(H,17,19). The summed E-state index contributed by atoms with van der Waals surface area (Å²) in [6, 6.07) is 5.60. The molecule has 0 radical (unpaired) electrons. The third-order valence-electron chi connectivity index (χ3n) is 2.95. The SMILES string of the molecule is C=Cn1cc(CNc2ccc3c(c2)NC(=O)CO3)cn1. The quantitative estimate of drug-likeness (QED) is 0.890. The summed E-state index contributed by atoms with van der Waals surface area (Å²) in [5, 5.41) is 10.2. The zero-order valence-corrected chi connectivity index (χ0v) is 10.8. The van der Waals surface area contributed by atoms with Crippen LogP contribution in [0.1, 0.15) is 5.56 Å². The van der Waals surface area contributed by atoms with Crippen LogP contribution in [0.5, 0.6) is 5.75 Å². The van der Waals surface area contributed by atoms with Crippen molar-refractivity contribution in [3.8, 4) is 5.75 Å². The normalized spacial score (nSPS) is 13.1. The monoisotopic (exact) mass is 270 g/mol. The minimum absolute atomic E-state index is 0.0700. The molecule has 1 aromatic carbocycles. The van der Waals surface area contributed by atoms with Gasteiger partial charge in [0.05, 0.1) is 11.9 Å². The molecule has 0 atom stereocenters. The van der Waals surface area contributed by atoms with E-state index < -0.39 is 0 Å². The highest BCUT2D eigenvalue weighted by Crippen LogP contribution is 2.30. The molecule has 0 saturated carbocycles. The van der Waals surface area contributed by atoms with E-state index in [2.05, 4.69) is 22.3 Å². The molecule has 1 aliphatic rings. The Morgan fingerprint density at radius 3 is 3.25 bits per heavy atom. The summed E-state index contributed by atoms with van der Waals surface area (Å²) < 4.78 is 6.96. The van der Waals surface area contributed by atoms with Crippen molar-refractivity contribution in [2.45, 2.75) is 6.54 Å². The van der Waals surface area contributed by atoms with Crippen molar-refractivity contribution in [1.29, 1.82) is 0 Å². The lowest BCUT2D eigenvalue weighted by molar-refractivity contribution is -0.118. The van der Waals surface area contributed by atoms with E-state index in [1.54, 1.807) is 17.1 Å². The van der Waals surface area contributed by atoms with Crippen LogP contribution in [0.2, 0.25) is 0 Å². The van der Waals surface area contributed by atoms with Gasteiger partial charge in [0.25, 0.3) is 5.91 Å². The average molecular weight is 270 g/mol. The van der Waals surface area contributed by atoms with Crippen molar-refractivity contribution in [2.75, 3.05) is 17.2 Å². The number of hydrogen-bond donors (Lipinski definition) is 2. The molecule has 0 fully saturated rings. The Morgan fingerprint density at radius 1 is 1.55 bits per heavy atom. The number of benzene rings is 1. The zero-order valence-electron chi connectivity index (χ0n) is 10.8. The first kappa shape index (κ1) is 12.3. The Morgan fingerprint density at radius 2 is 2.45 bits per heavy atom. The molecule has 1 amide bonds. The summed E-state index contributed by atoms with van der Waals surface area (Å²) in [5.41, 5.74) is 2.64. The van der Waals surface area contributed by atoms with Crippen molar-refractivity contribution in [2.24, 2.45) is 0 Å². The Balaban J connectivity index is 1.70. The highest BCUT2D eigenvalue weighted by Gasteiger charge is 2.15. The number of ether oxygens (including phenoxy) is 1. The summed E-state index contributed by atoms with van der Waals surface area (Å²) in [6.45, 7) is 4.35. The van der Waals surface area contributed by atoms with Crippen LogP contribution in [0.3, 0.4) is 0 Å². The van der Waals surface area contributed by atoms with Crippen LogP contribution in [0, 0.1) is 0 Å². The van der Waals surface area contributed by atoms with Gasteiger partial charge in [0, 0.05) is 30.2 Å². The van der Waals surface area contributed by atoms with Crippen LogP contribution in [-0.4, -0.2) is 22.3 Å². The number of carbonyl (C=O) groups excluding carboxylic acids is 1. The summed E-state index contributed by atoms with van der Waals surface area (Å²) in [5.74, 6) is 0.552. The minimum atomic E-state index is -0.137. The van der Waals surface area contributed by atoms with Crippen molar-refractivity contribution in [3.63, 3.8) is 0 Å². The molecular formula is C14H14N4O2. The van der Waals surface area contributed by atoms with Gasteiger partial charge >= 0.3 is 0 Å². The van der Waals surface area contributed by atoms with E-state index in [1.165, 1.54) is 0 Å². The van der Waals surface area contributed by atoms with Gasteiger partial charge in [0.15, 0.2) is 6.61 Å². The van der Waals surface area contributed by atoms with E-state index in [-0.39, 0.29) is 12.5 Å². The fourth-order valence-electron chi connectivity index (χ4n) is 1.97. The summed E-state index contributed by atoms with van der Waals surface area (Å²) in [4.78, 5) is 11.3. The molecule has 102 valence electrons. The van der Waals surface area contributed by atoms with E-state index in [0.29, 0.717) is 18.0 Å². The first-order valence-corrected chi connectivity index (χ1v) is 6.21. The maximum absolute atomic E-state index is 11.3. The number of anilines is 2. The van der Waals surface area contributed by atoms with Gasteiger partial charge in [0.1, 0.15) is 5.75 Å². The summed E-state index contributed by atoms with van der Waals surface area (Å²) >= 11 is 0. The molecule has 2 aromatic rings. The molecule has 0 saturated heterocycles. The van der Waals surface area contributed by atoms with Crippen LogP contribution >= 0.6 is 0 Å². The summed E-state index contributed by atoms with van der Waals surface area (Å²) in [7, 11) is 0. The maximum Gasteiger partial charge on any atom is 0.262 e. The second-order valence-electron chi connectivity index (χ2n) is 4.41. The van der Waals surface area contributed by atoms with Gasteiger partial charge in [-0.05, 0) is 18.2 Å². The highest BCUT2D eigenvalue weighted by atomic mass is 16.5.